The molecular formula is C20H22N2O3S. The smallest absolute Gasteiger partial charge is 0.278 e. The Labute approximate surface area is 157 Å². The van der Waals surface area contributed by atoms with Crippen LogP contribution >= 0.6 is 11.3 Å². The summed E-state index contributed by atoms with van der Waals surface area (Å²) in [6, 6.07) is 11.1. The van der Waals surface area contributed by atoms with E-state index in [0.29, 0.717) is 35.9 Å². The van der Waals surface area contributed by atoms with E-state index in [-0.39, 0.29) is 17.7 Å². The molecule has 1 aliphatic heterocycles. The fraction of sp³-hybridized carbons (Fsp3) is 0.300. The van der Waals surface area contributed by atoms with E-state index in [2.05, 4.69) is 5.32 Å². The Morgan fingerprint density at radius 1 is 1.15 bits per heavy atom. The van der Waals surface area contributed by atoms with Crippen LogP contribution in [0.1, 0.15) is 25.6 Å². The van der Waals surface area contributed by atoms with Crippen LogP contribution in [0.4, 0.5) is 5.69 Å². The number of carbonyl (C=O) groups is 2. The van der Waals surface area contributed by atoms with E-state index in [1.807, 2.05) is 62.5 Å². The zero-order valence-corrected chi connectivity index (χ0v) is 15.9. The number of hydrogen-bond donors (Lipinski definition) is 1. The largest absolute Gasteiger partial charge is 0.494 e. The summed E-state index contributed by atoms with van der Waals surface area (Å²) in [7, 11) is 0. The van der Waals surface area contributed by atoms with E-state index in [1.54, 1.807) is 0 Å². The Morgan fingerprint density at radius 3 is 2.62 bits per heavy atom. The van der Waals surface area contributed by atoms with E-state index >= 15 is 0 Å². The van der Waals surface area contributed by atoms with E-state index < -0.39 is 0 Å². The van der Waals surface area contributed by atoms with Crippen molar-refractivity contribution in [3.63, 3.8) is 0 Å². The Kier molecular flexibility index (Phi) is 5.42. The molecule has 6 heteroatoms. The number of thiophene rings is 1. The topological polar surface area (TPSA) is 58.6 Å². The molecule has 1 aromatic heterocycles. The Bertz CT molecular complexity index is 841. The molecule has 136 valence electrons. The molecule has 0 saturated heterocycles. The van der Waals surface area contributed by atoms with Crippen molar-refractivity contribution in [2.45, 2.75) is 20.8 Å². The van der Waals surface area contributed by atoms with Gasteiger partial charge in [-0.05, 0) is 36.4 Å². The minimum Gasteiger partial charge on any atom is -0.494 e. The lowest BCUT2D eigenvalue weighted by Gasteiger charge is -2.17. The average Bonchev–Trinajstić information content (AvgIpc) is 3.19. The van der Waals surface area contributed by atoms with Gasteiger partial charge in [0.1, 0.15) is 11.4 Å². The molecule has 3 rings (SSSR count). The highest BCUT2D eigenvalue weighted by Gasteiger charge is 2.39. The normalized spacial score (nSPS) is 14.5. The molecule has 0 aliphatic carbocycles. The van der Waals surface area contributed by atoms with Gasteiger partial charge in [0.15, 0.2) is 0 Å². The van der Waals surface area contributed by atoms with Crippen LogP contribution in [0.5, 0.6) is 5.75 Å². The van der Waals surface area contributed by atoms with Crippen LogP contribution in [0.2, 0.25) is 0 Å². The second-order valence-corrected chi connectivity index (χ2v) is 7.38. The first-order valence-corrected chi connectivity index (χ1v) is 9.53. The molecule has 1 N–H and O–H groups in total. The predicted octanol–water partition coefficient (Wildman–Crippen LogP) is 3.99. The molecule has 0 saturated carbocycles. The lowest BCUT2D eigenvalue weighted by Crippen LogP contribution is -2.35. The monoisotopic (exact) mass is 370 g/mol. The fourth-order valence-electron chi connectivity index (χ4n) is 2.85. The SMILES string of the molecule is CCOc1cccc(NC2=C(c3cccs3)C(=O)N(CC(C)C)C2=O)c1. The van der Waals surface area contributed by atoms with Crippen molar-refractivity contribution in [1.82, 2.24) is 4.90 Å². The van der Waals surface area contributed by atoms with Crippen molar-refractivity contribution < 1.29 is 14.3 Å². The number of benzene rings is 1. The molecule has 26 heavy (non-hydrogen) atoms. The summed E-state index contributed by atoms with van der Waals surface area (Å²) in [6.07, 6.45) is 0. The van der Waals surface area contributed by atoms with Crippen LogP contribution in [0.25, 0.3) is 5.57 Å². The predicted molar refractivity (Wildman–Crippen MR) is 104 cm³/mol. The van der Waals surface area contributed by atoms with Crippen molar-refractivity contribution in [1.29, 1.82) is 0 Å². The number of carbonyl (C=O) groups excluding carboxylic acids is 2. The second-order valence-electron chi connectivity index (χ2n) is 6.43. The maximum Gasteiger partial charge on any atom is 0.278 e. The van der Waals surface area contributed by atoms with E-state index in [1.165, 1.54) is 16.2 Å². The van der Waals surface area contributed by atoms with Crippen molar-refractivity contribution in [2.75, 3.05) is 18.5 Å². The number of amides is 2. The first-order valence-electron chi connectivity index (χ1n) is 8.65. The third-order valence-electron chi connectivity index (χ3n) is 3.90. The third kappa shape index (κ3) is 3.65. The Balaban J connectivity index is 1.98. The molecular weight excluding hydrogens is 348 g/mol. The summed E-state index contributed by atoms with van der Waals surface area (Å²) in [5.41, 5.74) is 1.48. The third-order valence-corrected chi connectivity index (χ3v) is 4.79. The lowest BCUT2D eigenvalue weighted by molar-refractivity contribution is -0.137. The highest BCUT2D eigenvalue weighted by atomic mass is 32.1. The highest BCUT2D eigenvalue weighted by molar-refractivity contribution is 7.11. The van der Waals surface area contributed by atoms with Gasteiger partial charge in [-0.2, -0.15) is 0 Å². The molecule has 0 fully saturated rings. The van der Waals surface area contributed by atoms with Crippen LogP contribution in [-0.2, 0) is 9.59 Å². The lowest BCUT2D eigenvalue weighted by atomic mass is 10.1. The summed E-state index contributed by atoms with van der Waals surface area (Å²) in [5, 5.41) is 5.06. The molecule has 0 spiro atoms. The second kappa shape index (κ2) is 7.74. The summed E-state index contributed by atoms with van der Waals surface area (Å²) in [4.78, 5) is 28.0. The summed E-state index contributed by atoms with van der Waals surface area (Å²) < 4.78 is 5.52. The molecule has 0 unspecified atom stereocenters. The minimum atomic E-state index is -0.283. The number of ether oxygens (including phenoxy) is 1. The first kappa shape index (κ1) is 18.2. The van der Waals surface area contributed by atoms with Gasteiger partial charge < -0.3 is 10.1 Å². The van der Waals surface area contributed by atoms with Gasteiger partial charge in [-0.25, -0.2) is 0 Å². The maximum atomic E-state index is 12.9. The van der Waals surface area contributed by atoms with Gasteiger partial charge in [0.25, 0.3) is 11.8 Å². The van der Waals surface area contributed by atoms with Gasteiger partial charge in [-0.3, -0.25) is 14.5 Å². The molecule has 1 aromatic carbocycles. The van der Waals surface area contributed by atoms with Gasteiger partial charge in [-0.1, -0.05) is 26.0 Å². The average molecular weight is 370 g/mol. The van der Waals surface area contributed by atoms with Crippen molar-refractivity contribution in [3.8, 4) is 5.75 Å². The Morgan fingerprint density at radius 2 is 1.96 bits per heavy atom. The highest BCUT2D eigenvalue weighted by Crippen LogP contribution is 2.33. The quantitative estimate of drug-likeness (QED) is 0.749. The van der Waals surface area contributed by atoms with Crippen molar-refractivity contribution in [2.24, 2.45) is 5.92 Å². The first-order chi connectivity index (χ1) is 12.5. The van der Waals surface area contributed by atoms with Gasteiger partial charge in [0.2, 0.25) is 0 Å². The van der Waals surface area contributed by atoms with Gasteiger partial charge in [-0.15, -0.1) is 11.3 Å². The van der Waals surface area contributed by atoms with Crippen molar-refractivity contribution >= 4 is 34.4 Å². The number of nitrogens with one attached hydrogen (secondary N) is 1. The van der Waals surface area contributed by atoms with Gasteiger partial charge in [0.05, 0.1) is 12.2 Å². The van der Waals surface area contributed by atoms with E-state index in [4.69, 9.17) is 4.74 Å². The van der Waals surface area contributed by atoms with Crippen molar-refractivity contribution in [3.05, 3.63) is 52.4 Å². The van der Waals surface area contributed by atoms with E-state index in [0.717, 1.165) is 4.88 Å². The number of imide groups is 1. The van der Waals surface area contributed by atoms with Gasteiger partial charge >= 0.3 is 0 Å². The molecule has 0 radical (unpaired) electrons. The van der Waals surface area contributed by atoms with Gasteiger partial charge in [0, 0.05) is 23.2 Å². The number of hydrogen-bond acceptors (Lipinski definition) is 5. The molecule has 2 aromatic rings. The zero-order valence-electron chi connectivity index (χ0n) is 15.1. The molecule has 5 nitrogen and oxygen atoms in total. The standard InChI is InChI=1S/C20H22N2O3S/c1-4-25-15-8-5-7-14(11-15)21-18-17(16-9-6-10-26-16)19(23)22(20(18)24)12-13(2)3/h5-11,13,21H,4,12H2,1-3H3. The van der Waals surface area contributed by atoms with Crippen LogP contribution < -0.4 is 10.1 Å². The number of nitrogens with zero attached hydrogens (tertiary/aromatic N) is 1. The van der Waals surface area contributed by atoms with Crippen LogP contribution in [0.15, 0.2) is 47.5 Å². The number of anilines is 1. The van der Waals surface area contributed by atoms with Crippen LogP contribution in [0, 0.1) is 5.92 Å². The summed E-state index contributed by atoms with van der Waals surface area (Å²) >= 11 is 1.45. The molecule has 0 bridgehead atoms. The number of rotatable bonds is 7. The minimum absolute atomic E-state index is 0.202. The zero-order chi connectivity index (χ0) is 18.7. The van der Waals surface area contributed by atoms with Crippen LogP contribution in [0.3, 0.4) is 0 Å². The molecule has 0 atom stereocenters. The Hall–Kier alpha value is -2.60. The molecule has 2 amide bonds. The summed E-state index contributed by atoms with van der Waals surface area (Å²) in [5.74, 6) is 0.392. The summed E-state index contributed by atoms with van der Waals surface area (Å²) in [6.45, 7) is 6.86. The maximum absolute atomic E-state index is 12.9. The fourth-order valence-corrected chi connectivity index (χ4v) is 3.62. The van der Waals surface area contributed by atoms with E-state index in [9.17, 15) is 9.59 Å². The van der Waals surface area contributed by atoms with Crippen LogP contribution in [-0.4, -0.2) is 29.9 Å². The molecule has 1 aliphatic rings. The molecule has 2 heterocycles.